The zero-order valence-electron chi connectivity index (χ0n) is 13.7. The van der Waals surface area contributed by atoms with Crippen molar-refractivity contribution in [3.8, 4) is 11.3 Å². The molecule has 0 fully saturated rings. The highest BCUT2D eigenvalue weighted by atomic mass is 16.5. The Bertz CT molecular complexity index is 1000. The number of benzene rings is 1. The minimum atomic E-state index is -0.993. The number of carboxylic acid groups (broad SMARTS) is 1. The molecule has 3 rings (SSSR count). The highest BCUT2D eigenvalue weighted by molar-refractivity contribution is 5.93. The zero-order valence-corrected chi connectivity index (χ0v) is 13.7. The molecule has 1 aromatic carbocycles. The Morgan fingerprint density at radius 1 is 1.25 bits per heavy atom. The van der Waals surface area contributed by atoms with Crippen molar-refractivity contribution < 1.29 is 14.4 Å². The zero-order chi connectivity index (χ0) is 17.4. The van der Waals surface area contributed by atoms with Crippen LogP contribution in [-0.4, -0.2) is 26.0 Å². The van der Waals surface area contributed by atoms with Crippen LogP contribution in [0.15, 0.2) is 27.5 Å². The van der Waals surface area contributed by atoms with Gasteiger partial charge in [0, 0.05) is 5.56 Å². The summed E-state index contributed by atoms with van der Waals surface area (Å²) >= 11 is 0. The van der Waals surface area contributed by atoms with Crippen molar-refractivity contribution in [1.82, 2.24) is 14.9 Å². The smallest absolute Gasteiger partial charge is 0.305 e. The first-order valence-electron chi connectivity index (χ1n) is 7.55. The fourth-order valence-corrected chi connectivity index (χ4v) is 2.58. The summed E-state index contributed by atoms with van der Waals surface area (Å²) in [6.45, 7) is 5.72. The molecule has 0 unspecified atom stereocenters. The van der Waals surface area contributed by atoms with Crippen LogP contribution in [0, 0.1) is 20.8 Å². The van der Waals surface area contributed by atoms with E-state index in [9.17, 15) is 9.59 Å². The van der Waals surface area contributed by atoms with E-state index in [-0.39, 0.29) is 18.5 Å². The highest BCUT2D eigenvalue weighted by Gasteiger charge is 2.19. The minimum Gasteiger partial charge on any atom is -0.481 e. The standard InChI is InChI=1S/C17H17N3O4/c1-9-4-5-12(8-10(9)2)15-14-11(3)24-19-16(14)17(23)20(18-15)7-6-13(21)22/h4-5,8H,6-7H2,1-3H3,(H,21,22). The molecule has 0 atom stereocenters. The van der Waals surface area contributed by atoms with E-state index in [4.69, 9.17) is 9.63 Å². The molecule has 0 aliphatic rings. The van der Waals surface area contributed by atoms with Crippen LogP contribution in [0.1, 0.15) is 23.3 Å². The van der Waals surface area contributed by atoms with Gasteiger partial charge in [-0.05, 0) is 38.0 Å². The van der Waals surface area contributed by atoms with E-state index < -0.39 is 11.5 Å². The molecule has 2 heterocycles. The number of nitrogens with zero attached hydrogens (tertiary/aromatic N) is 3. The molecule has 0 saturated heterocycles. The van der Waals surface area contributed by atoms with E-state index in [1.165, 1.54) is 0 Å². The second-order valence-corrected chi connectivity index (χ2v) is 5.78. The van der Waals surface area contributed by atoms with Crippen LogP contribution in [0.2, 0.25) is 0 Å². The van der Waals surface area contributed by atoms with Crippen molar-refractivity contribution in [2.75, 3.05) is 0 Å². The molecule has 1 N–H and O–H groups in total. The number of fused-ring (bicyclic) bond motifs is 1. The van der Waals surface area contributed by atoms with Crippen molar-refractivity contribution in [2.45, 2.75) is 33.7 Å². The Morgan fingerprint density at radius 2 is 2.00 bits per heavy atom. The van der Waals surface area contributed by atoms with Gasteiger partial charge in [-0.15, -0.1) is 0 Å². The second kappa shape index (κ2) is 5.92. The van der Waals surface area contributed by atoms with E-state index in [1.807, 2.05) is 32.0 Å². The molecule has 0 spiro atoms. The number of carboxylic acids is 1. The molecule has 7 heteroatoms. The third-order valence-electron chi connectivity index (χ3n) is 4.08. The molecule has 0 saturated carbocycles. The van der Waals surface area contributed by atoms with E-state index in [0.29, 0.717) is 16.8 Å². The molecule has 0 aliphatic heterocycles. The first kappa shape index (κ1) is 15.9. The average molecular weight is 327 g/mol. The first-order chi connectivity index (χ1) is 11.4. The van der Waals surface area contributed by atoms with E-state index in [1.54, 1.807) is 6.92 Å². The van der Waals surface area contributed by atoms with Gasteiger partial charge in [-0.2, -0.15) is 5.10 Å². The van der Waals surface area contributed by atoms with E-state index >= 15 is 0 Å². The molecule has 3 aromatic rings. The summed E-state index contributed by atoms with van der Waals surface area (Å²) in [5.41, 5.74) is 3.36. The summed E-state index contributed by atoms with van der Waals surface area (Å²) < 4.78 is 6.31. The lowest BCUT2D eigenvalue weighted by molar-refractivity contribution is -0.137. The summed E-state index contributed by atoms with van der Waals surface area (Å²) in [4.78, 5) is 23.3. The van der Waals surface area contributed by atoms with Gasteiger partial charge in [-0.1, -0.05) is 17.3 Å². The number of aryl methyl sites for hydroxylation is 4. The molecular formula is C17H17N3O4. The maximum atomic E-state index is 12.4. The summed E-state index contributed by atoms with van der Waals surface area (Å²) in [5, 5.41) is 17.6. The Kier molecular flexibility index (Phi) is 3.92. The Balaban J connectivity index is 2.26. The monoisotopic (exact) mass is 327 g/mol. The number of carbonyl (C=O) groups is 1. The third kappa shape index (κ3) is 2.68. The van der Waals surface area contributed by atoms with Crippen LogP contribution in [0.5, 0.6) is 0 Å². The Labute approximate surface area is 137 Å². The first-order valence-corrected chi connectivity index (χ1v) is 7.55. The maximum Gasteiger partial charge on any atom is 0.305 e. The molecule has 24 heavy (non-hydrogen) atoms. The number of rotatable bonds is 4. The summed E-state index contributed by atoms with van der Waals surface area (Å²) in [6, 6.07) is 5.88. The van der Waals surface area contributed by atoms with Crippen LogP contribution in [0.3, 0.4) is 0 Å². The van der Waals surface area contributed by atoms with Crippen molar-refractivity contribution in [2.24, 2.45) is 0 Å². The lowest BCUT2D eigenvalue weighted by Crippen LogP contribution is -2.25. The maximum absolute atomic E-state index is 12.4. The van der Waals surface area contributed by atoms with Gasteiger partial charge in [-0.3, -0.25) is 9.59 Å². The molecule has 2 aromatic heterocycles. The number of hydrogen-bond donors (Lipinski definition) is 1. The molecule has 0 radical (unpaired) electrons. The van der Waals surface area contributed by atoms with Crippen LogP contribution in [0.4, 0.5) is 0 Å². The van der Waals surface area contributed by atoms with E-state index in [0.717, 1.165) is 21.4 Å². The molecule has 0 aliphatic carbocycles. The molecule has 0 amide bonds. The highest BCUT2D eigenvalue weighted by Crippen LogP contribution is 2.28. The normalized spacial score (nSPS) is 11.1. The van der Waals surface area contributed by atoms with Gasteiger partial charge in [-0.25, -0.2) is 4.68 Å². The van der Waals surface area contributed by atoms with Gasteiger partial charge in [0.05, 0.1) is 18.4 Å². The van der Waals surface area contributed by atoms with Crippen molar-refractivity contribution in [3.63, 3.8) is 0 Å². The largest absolute Gasteiger partial charge is 0.481 e. The van der Waals surface area contributed by atoms with Crippen molar-refractivity contribution in [3.05, 3.63) is 45.4 Å². The third-order valence-corrected chi connectivity index (χ3v) is 4.08. The lowest BCUT2D eigenvalue weighted by atomic mass is 10.0. The van der Waals surface area contributed by atoms with Gasteiger partial charge in [0.15, 0.2) is 5.52 Å². The van der Waals surface area contributed by atoms with Gasteiger partial charge in [0.25, 0.3) is 5.56 Å². The number of aliphatic carboxylic acids is 1. The minimum absolute atomic E-state index is 0.0200. The lowest BCUT2D eigenvalue weighted by Gasteiger charge is -2.09. The molecule has 7 nitrogen and oxygen atoms in total. The molecule has 0 bridgehead atoms. The van der Waals surface area contributed by atoms with Gasteiger partial charge < -0.3 is 9.63 Å². The average Bonchev–Trinajstić information content (AvgIpc) is 2.92. The van der Waals surface area contributed by atoms with Crippen molar-refractivity contribution >= 4 is 16.9 Å². The van der Waals surface area contributed by atoms with Crippen molar-refractivity contribution in [1.29, 1.82) is 0 Å². The fraction of sp³-hybridized carbons (Fsp3) is 0.294. The summed E-state index contributed by atoms with van der Waals surface area (Å²) in [5.74, 6) is -0.485. The number of aromatic nitrogens is 3. The SMILES string of the molecule is Cc1ccc(-c2nn(CCC(=O)O)c(=O)c3noc(C)c23)cc1C. The predicted molar refractivity (Wildman–Crippen MR) is 88.0 cm³/mol. The Morgan fingerprint density at radius 3 is 2.67 bits per heavy atom. The van der Waals surface area contributed by atoms with Gasteiger partial charge in [0.1, 0.15) is 11.5 Å². The van der Waals surface area contributed by atoms with Gasteiger partial charge >= 0.3 is 5.97 Å². The van der Waals surface area contributed by atoms with E-state index in [2.05, 4.69) is 10.3 Å². The predicted octanol–water partition coefficient (Wildman–Crippen LogP) is 2.45. The van der Waals surface area contributed by atoms with Gasteiger partial charge in [0.2, 0.25) is 0 Å². The molecular weight excluding hydrogens is 310 g/mol. The van der Waals surface area contributed by atoms with Crippen LogP contribution in [0.25, 0.3) is 22.2 Å². The quantitative estimate of drug-likeness (QED) is 0.790. The van der Waals surface area contributed by atoms with Crippen LogP contribution in [-0.2, 0) is 11.3 Å². The summed E-state index contributed by atoms with van der Waals surface area (Å²) in [6.07, 6.45) is -0.193. The van der Waals surface area contributed by atoms with Crippen LogP contribution < -0.4 is 5.56 Å². The fourth-order valence-electron chi connectivity index (χ4n) is 2.58. The molecule has 124 valence electrons. The number of hydrogen-bond acceptors (Lipinski definition) is 5. The topological polar surface area (TPSA) is 98.2 Å². The van der Waals surface area contributed by atoms with Crippen LogP contribution >= 0.6 is 0 Å². The summed E-state index contributed by atoms with van der Waals surface area (Å²) in [7, 11) is 0. The second-order valence-electron chi connectivity index (χ2n) is 5.78. The Hall–Kier alpha value is -2.96.